The van der Waals surface area contributed by atoms with Gasteiger partial charge in [0.15, 0.2) is 18.4 Å². The van der Waals surface area contributed by atoms with Crippen molar-refractivity contribution in [1.29, 1.82) is 0 Å². The summed E-state index contributed by atoms with van der Waals surface area (Å²) in [6, 6.07) is 0. The van der Waals surface area contributed by atoms with Crippen LogP contribution in [0.25, 0.3) is 0 Å². The number of hydrogen-bond acceptors (Lipinski definition) is 13. The van der Waals surface area contributed by atoms with Gasteiger partial charge >= 0.3 is 0 Å². The molecule has 296 valence electrons. The predicted molar refractivity (Wildman–Crippen MR) is 183 cm³/mol. The number of allylic oxidation sites excluding steroid dienone is 1. The number of aliphatic hydroxyl groups is 7. The van der Waals surface area contributed by atoms with E-state index in [-0.39, 0.29) is 17.4 Å². The summed E-state index contributed by atoms with van der Waals surface area (Å²) in [5.74, 6) is 1.93. The smallest absolute Gasteiger partial charge is 0.187 e. The molecule has 8 rings (SSSR count). The standard InChI is InChI=1S/C39H62O13/c1-17-8-11-39(47-16-17)18(2)28-25(52-39)14-24-22-7-6-20-12-21(41)13-27(38(20,5)23(22)9-10-37(24,28)4)50-36-34(32(45)29(42)19(3)48-36)51-35-33(46)31(44)30(43)26(15-40)49-35/h6,17-19,21-36,40-46H,7-16H2,1-5H3/t17-,18+,19+,21-,22-,23+,24+,25+,26-,27-,28+,29+,30-,31+,32-,33-,34-,35+,36+,37+,38+,39-/m1/s1. The molecule has 13 heteroatoms. The summed E-state index contributed by atoms with van der Waals surface area (Å²) in [6.07, 6.45) is -5.83. The van der Waals surface area contributed by atoms with Gasteiger partial charge < -0.3 is 64.2 Å². The lowest BCUT2D eigenvalue weighted by molar-refractivity contribution is -0.374. The third kappa shape index (κ3) is 5.74. The van der Waals surface area contributed by atoms with Crippen molar-refractivity contribution in [2.45, 2.75) is 171 Å². The van der Waals surface area contributed by atoms with Gasteiger partial charge in [-0.25, -0.2) is 0 Å². The van der Waals surface area contributed by atoms with Crippen LogP contribution in [0.4, 0.5) is 0 Å². The topological polar surface area (TPSA) is 197 Å². The van der Waals surface area contributed by atoms with Crippen LogP contribution in [-0.2, 0) is 28.4 Å². The maximum Gasteiger partial charge on any atom is 0.187 e. The van der Waals surface area contributed by atoms with Gasteiger partial charge in [-0.05, 0) is 80.5 Å². The fraction of sp³-hybridized carbons (Fsp3) is 0.949. The van der Waals surface area contributed by atoms with Crippen molar-refractivity contribution < 1.29 is 64.2 Å². The molecule has 8 aliphatic rings. The van der Waals surface area contributed by atoms with E-state index in [1.807, 2.05) is 0 Å². The molecule has 4 aliphatic heterocycles. The van der Waals surface area contributed by atoms with E-state index in [0.717, 1.165) is 45.1 Å². The zero-order valence-corrected chi connectivity index (χ0v) is 31.2. The van der Waals surface area contributed by atoms with E-state index in [9.17, 15) is 35.7 Å². The van der Waals surface area contributed by atoms with Crippen LogP contribution in [0.3, 0.4) is 0 Å². The number of rotatable bonds is 5. The van der Waals surface area contributed by atoms with Gasteiger partial charge in [-0.1, -0.05) is 39.3 Å². The predicted octanol–water partition coefficient (Wildman–Crippen LogP) is 1.36. The lowest BCUT2D eigenvalue weighted by Crippen LogP contribution is -2.65. The zero-order chi connectivity index (χ0) is 37.1. The van der Waals surface area contributed by atoms with Gasteiger partial charge in [0.1, 0.15) is 42.7 Å². The SMILES string of the molecule is C[C@@H]1CC[C@@]2(OC1)O[C@H]1C[C@H]3[C@@H]4CC=C5C[C@@H](O)C[C@@H](O[C@@H]6O[C@@H](C)[C@H](O)[C@@H](O)[C@H]6O[C@@H]6O[C@H](CO)[C@@H](O)[C@H](O)[C@H]6O)[C@]5(C)[C@H]4CC[C@]3(C)[C@H]1[C@@H]2C. The molecular weight excluding hydrogens is 676 g/mol. The number of ether oxygens (including phenoxy) is 6. The Kier molecular flexibility index (Phi) is 10.0. The van der Waals surface area contributed by atoms with Gasteiger partial charge in [0, 0.05) is 24.2 Å². The summed E-state index contributed by atoms with van der Waals surface area (Å²) in [5, 5.41) is 74.6. The minimum Gasteiger partial charge on any atom is -0.394 e. The Bertz CT molecular complexity index is 1340. The van der Waals surface area contributed by atoms with Crippen LogP contribution in [-0.4, -0.2) is 134 Å². The Morgan fingerprint density at radius 3 is 2.31 bits per heavy atom. The van der Waals surface area contributed by atoms with Crippen LogP contribution in [0.2, 0.25) is 0 Å². The second-order valence-electron chi connectivity index (χ2n) is 18.3. The first kappa shape index (κ1) is 38.1. The lowest BCUT2D eigenvalue weighted by atomic mass is 9.46. The van der Waals surface area contributed by atoms with E-state index < -0.39 is 91.4 Å². The van der Waals surface area contributed by atoms with Crippen molar-refractivity contribution >= 4 is 0 Å². The maximum atomic E-state index is 11.3. The largest absolute Gasteiger partial charge is 0.394 e. The minimum absolute atomic E-state index is 0.111. The Balaban J connectivity index is 1.05. The van der Waals surface area contributed by atoms with Crippen molar-refractivity contribution in [2.24, 2.45) is 46.3 Å². The van der Waals surface area contributed by atoms with E-state index in [1.165, 1.54) is 5.57 Å². The van der Waals surface area contributed by atoms with Gasteiger partial charge in [-0.3, -0.25) is 0 Å². The van der Waals surface area contributed by atoms with Gasteiger partial charge in [0.05, 0.1) is 37.6 Å². The second kappa shape index (κ2) is 13.7. The Morgan fingerprint density at radius 1 is 0.827 bits per heavy atom. The summed E-state index contributed by atoms with van der Waals surface area (Å²) in [5.41, 5.74) is 0.821. The van der Waals surface area contributed by atoms with E-state index in [4.69, 9.17) is 28.4 Å². The van der Waals surface area contributed by atoms with E-state index in [0.29, 0.717) is 42.4 Å². The Hall–Kier alpha value is -0.780. The molecule has 0 bridgehead atoms. The van der Waals surface area contributed by atoms with E-state index in [1.54, 1.807) is 6.92 Å². The highest BCUT2D eigenvalue weighted by molar-refractivity contribution is 5.29. The molecule has 4 saturated heterocycles. The highest BCUT2D eigenvalue weighted by Gasteiger charge is 2.69. The molecule has 4 aliphatic carbocycles. The fourth-order valence-corrected chi connectivity index (χ4v) is 12.6. The van der Waals surface area contributed by atoms with Crippen molar-refractivity contribution in [3.8, 4) is 0 Å². The quantitative estimate of drug-likeness (QED) is 0.200. The van der Waals surface area contributed by atoms with E-state index >= 15 is 0 Å². The third-order valence-corrected chi connectivity index (χ3v) is 15.6. The average Bonchev–Trinajstić information content (AvgIpc) is 3.56. The first-order chi connectivity index (χ1) is 24.6. The minimum atomic E-state index is -1.72. The summed E-state index contributed by atoms with van der Waals surface area (Å²) in [4.78, 5) is 0. The molecule has 0 aromatic rings. The molecule has 4 heterocycles. The van der Waals surface area contributed by atoms with Crippen molar-refractivity contribution in [2.75, 3.05) is 13.2 Å². The second-order valence-corrected chi connectivity index (χ2v) is 18.3. The average molecular weight is 739 g/mol. The van der Waals surface area contributed by atoms with Crippen LogP contribution < -0.4 is 0 Å². The normalized spacial score (nSPS) is 58.9. The molecule has 0 aromatic carbocycles. The fourth-order valence-electron chi connectivity index (χ4n) is 12.6. The molecule has 0 aromatic heterocycles. The summed E-state index contributed by atoms with van der Waals surface area (Å²) in [6.45, 7) is 11.1. The van der Waals surface area contributed by atoms with Crippen molar-refractivity contribution in [1.82, 2.24) is 0 Å². The van der Waals surface area contributed by atoms with Gasteiger partial charge in [0.25, 0.3) is 0 Å². The first-order valence-electron chi connectivity index (χ1n) is 19.9. The molecule has 3 saturated carbocycles. The highest BCUT2D eigenvalue weighted by atomic mass is 16.8. The lowest BCUT2D eigenvalue weighted by Gasteiger charge is -2.60. The first-order valence-corrected chi connectivity index (χ1v) is 19.9. The van der Waals surface area contributed by atoms with Crippen molar-refractivity contribution in [3.63, 3.8) is 0 Å². The third-order valence-electron chi connectivity index (χ3n) is 15.6. The monoisotopic (exact) mass is 738 g/mol. The zero-order valence-electron chi connectivity index (χ0n) is 31.2. The molecule has 22 atom stereocenters. The molecule has 1 spiro atoms. The molecule has 0 radical (unpaired) electrons. The Labute approximate surface area is 306 Å². The number of fused-ring (bicyclic) bond motifs is 7. The summed E-state index contributed by atoms with van der Waals surface area (Å²) < 4.78 is 38.2. The molecule has 7 N–H and O–H groups in total. The van der Waals surface area contributed by atoms with Crippen LogP contribution in [0, 0.1) is 46.3 Å². The van der Waals surface area contributed by atoms with Crippen LogP contribution >= 0.6 is 0 Å². The summed E-state index contributed by atoms with van der Waals surface area (Å²) >= 11 is 0. The van der Waals surface area contributed by atoms with Crippen LogP contribution in [0.5, 0.6) is 0 Å². The summed E-state index contributed by atoms with van der Waals surface area (Å²) in [7, 11) is 0. The molecule has 52 heavy (non-hydrogen) atoms. The maximum absolute atomic E-state index is 11.3. The van der Waals surface area contributed by atoms with Crippen LogP contribution in [0.1, 0.15) is 86.0 Å². The Morgan fingerprint density at radius 2 is 1.60 bits per heavy atom. The van der Waals surface area contributed by atoms with Gasteiger partial charge in [-0.15, -0.1) is 0 Å². The molecule has 0 amide bonds. The molecule has 0 unspecified atom stereocenters. The number of hydrogen-bond donors (Lipinski definition) is 7. The molecular formula is C39H62O13. The number of aliphatic hydroxyl groups excluding tert-OH is 7. The van der Waals surface area contributed by atoms with Crippen LogP contribution in [0.15, 0.2) is 11.6 Å². The van der Waals surface area contributed by atoms with Gasteiger partial charge in [0.2, 0.25) is 0 Å². The van der Waals surface area contributed by atoms with Crippen molar-refractivity contribution in [3.05, 3.63) is 11.6 Å². The molecule has 13 nitrogen and oxygen atoms in total. The molecule has 7 fully saturated rings. The van der Waals surface area contributed by atoms with Gasteiger partial charge in [-0.2, -0.15) is 0 Å². The highest BCUT2D eigenvalue weighted by Crippen LogP contribution is 2.71. The van der Waals surface area contributed by atoms with E-state index in [2.05, 4.69) is 33.8 Å².